The molecule has 39 heavy (non-hydrogen) atoms. The normalized spacial score (nSPS) is 10.4. The van der Waals surface area contributed by atoms with Gasteiger partial charge < -0.3 is 25.4 Å². The standard InChI is InChI=1S/C26H30FN7O5/c1-14(2)13-39-26(37)34-33-25(36)16-7-6-8-19(23(16)38-5)31-20-10-22(29-11-17(20)24(35)28-4)32-21-9-15(3)18(27)12-30-21/h6-12,14H,13H2,1-5H3,(H,28,35)(H,33,36)(H,34,37)(H2,29,30,31,32). The number of ether oxygens (including phenoxy) is 2. The highest BCUT2D eigenvalue weighted by atomic mass is 19.1. The van der Waals surface area contributed by atoms with Crippen LogP contribution in [0.2, 0.25) is 0 Å². The average Bonchev–Trinajstić information content (AvgIpc) is 2.92. The van der Waals surface area contributed by atoms with E-state index in [9.17, 15) is 18.8 Å². The molecule has 2 heterocycles. The number of para-hydroxylation sites is 1. The van der Waals surface area contributed by atoms with Gasteiger partial charge in [-0.1, -0.05) is 19.9 Å². The summed E-state index contributed by atoms with van der Waals surface area (Å²) in [6.07, 6.45) is 1.65. The molecule has 0 bridgehead atoms. The molecule has 1 aromatic carbocycles. The number of rotatable bonds is 9. The Hall–Kier alpha value is -4.94. The van der Waals surface area contributed by atoms with Crippen molar-refractivity contribution in [3.8, 4) is 5.75 Å². The Kier molecular flexibility index (Phi) is 9.57. The first-order valence-corrected chi connectivity index (χ1v) is 11.9. The highest BCUT2D eigenvalue weighted by molar-refractivity contribution is 6.02. The van der Waals surface area contributed by atoms with Crippen LogP contribution >= 0.6 is 0 Å². The molecule has 0 aliphatic rings. The number of halogens is 1. The van der Waals surface area contributed by atoms with Crippen LogP contribution in [0.25, 0.3) is 0 Å². The molecule has 0 aliphatic carbocycles. The molecule has 0 unspecified atom stereocenters. The number of nitrogens with one attached hydrogen (secondary N) is 5. The number of methoxy groups -OCH3 is 1. The van der Waals surface area contributed by atoms with Crippen molar-refractivity contribution in [2.24, 2.45) is 5.92 Å². The van der Waals surface area contributed by atoms with E-state index in [1.807, 2.05) is 13.8 Å². The number of amides is 3. The number of aryl methyl sites for hydroxylation is 1. The Labute approximate surface area is 224 Å². The lowest BCUT2D eigenvalue weighted by Gasteiger charge is -2.17. The second-order valence-electron chi connectivity index (χ2n) is 8.72. The number of carbonyl (C=O) groups is 3. The van der Waals surface area contributed by atoms with Gasteiger partial charge >= 0.3 is 6.09 Å². The third-order valence-electron chi connectivity index (χ3n) is 5.24. The Balaban J connectivity index is 1.88. The number of carbonyl (C=O) groups excluding carboxylic acids is 3. The quantitative estimate of drug-likeness (QED) is 0.255. The van der Waals surface area contributed by atoms with E-state index >= 15 is 0 Å². The number of nitrogens with zero attached hydrogens (tertiary/aromatic N) is 2. The summed E-state index contributed by atoms with van der Waals surface area (Å²) in [6, 6.07) is 7.83. The van der Waals surface area contributed by atoms with Crippen molar-refractivity contribution in [2.75, 3.05) is 31.4 Å². The zero-order valence-corrected chi connectivity index (χ0v) is 22.1. The van der Waals surface area contributed by atoms with E-state index in [0.717, 1.165) is 6.20 Å². The molecular formula is C26H30FN7O5. The number of hydrogen-bond donors (Lipinski definition) is 5. The summed E-state index contributed by atoms with van der Waals surface area (Å²) in [4.78, 5) is 45.4. The minimum absolute atomic E-state index is 0.103. The van der Waals surface area contributed by atoms with Gasteiger partial charge in [0.1, 0.15) is 17.5 Å². The van der Waals surface area contributed by atoms with Gasteiger partial charge in [0.05, 0.1) is 42.4 Å². The van der Waals surface area contributed by atoms with Crippen LogP contribution < -0.4 is 31.5 Å². The molecule has 0 saturated heterocycles. The molecule has 5 N–H and O–H groups in total. The van der Waals surface area contributed by atoms with Gasteiger partial charge in [0.2, 0.25) is 0 Å². The fourth-order valence-corrected chi connectivity index (χ4v) is 3.31. The van der Waals surface area contributed by atoms with Crippen LogP contribution in [0.3, 0.4) is 0 Å². The predicted octanol–water partition coefficient (Wildman–Crippen LogP) is 3.81. The molecule has 0 atom stereocenters. The monoisotopic (exact) mass is 539 g/mol. The number of hydrogen-bond acceptors (Lipinski definition) is 9. The van der Waals surface area contributed by atoms with Gasteiger partial charge in [-0.25, -0.2) is 24.6 Å². The molecule has 3 amide bonds. The molecule has 0 aliphatic heterocycles. The highest BCUT2D eigenvalue weighted by Gasteiger charge is 2.19. The number of benzene rings is 1. The molecule has 2 aromatic heterocycles. The number of aromatic nitrogens is 2. The van der Waals surface area contributed by atoms with Gasteiger partial charge in [-0.3, -0.25) is 15.0 Å². The molecule has 12 nitrogen and oxygen atoms in total. The lowest BCUT2D eigenvalue weighted by Crippen LogP contribution is -2.42. The van der Waals surface area contributed by atoms with Crippen LogP contribution in [0.15, 0.2) is 42.7 Å². The summed E-state index contributed by atoms with van der Waals surface area (Å²) in [7, 11) is 2.86. The van der Waals surface area contributed by atoms with E-state index in [0.29, 0.717) is 28.6 Å². The van der Waals surface area contributed by atoms with E-state index < -0.39 is 23.7 Å². The predicted molar refractivity (Wildman–Crippen MR) is 143 cm³/mol. The van der Waals surface area contributed by atoms with Gasteiger partial charge in [0, 0.05) is 19.3 Å². The first-order valence-electron chi connectivity index (χ1n) is 11.9. The van der Waals surface area contributed by atoms with E-state index in [-0.39, 0.29) is 29.4 Å². The Morgan fingerprint density at radius 1 is 0.949 bits per heavy atom. The average molecular weight is 540 g/mol. The van der Waals surface area contributed by atoms with Crippen molar-refractivity contribution in [3.05, 3.63) is 65.2 Å². The second-order valence-corrected chi connectivity index (χ2v) is 8.72. The molecular weight excluding hydrogens is 509 g/mol. The molecule has 13 heteroatoms. The maximum atomic E-state index is 13.6. The molecule has 206 valence electrons. The second kappa shape index (κ2) is 13.0. The van der Waals surface area contributed by atoms with Crippen LogP contribution in [0.1, 0.15) is 40.1 Å². The molecule has 0 radical (unpaired) electrons. The van der Waals surface area contributed by atoms with Crippen LogP contribution in [0.4, 0.5) is 32.2 Å². The zero-order valence-electron chi connectivity index (χ0n) is 22.1. The maximum absolute atomic E-state index is 13.6. The first kappa shape index (κ1) is 28.6. The number of hydrazine groups is 1. The molecule has 0 saturated carbocycles. The molecule has 0 fully saturated rings. The van der Waals surface area contributed by atoms with Crippen LogP contribution in [0.5, 0.6) is 5.75 Å². The van der Waals surface area contributed by atoms with Gasteiger partial charge in [0.15, 0.2) is 5.75 Å². The third kappa shape index (κ3) is 7.53. The van der Waals surface area contributed by atoms with Crippen molar-refractivity contribution >= 4 is 40.9 Å². The first-order chi connectivity index (χ1) is 18.6. The highest BCUT2D eigenvalue weighted by Crippen LogP contribution is 2.33. The topological polar surface area (TPSA) is 156 Å². The van der Waals surface area contributed by atoms with Crippen molar-refractivity contribution in [2.45, 2.75) is 20.8 Å². The van der Waals surface area contributed by atoms with E-state index in [1.54, 1.807) is 25.1 Å². The number of anilines is 4. The van der Waals surface area contributed by atoms with Gasteiger partial charge in [0.25, 0.3) is 11.8 Å². The van der Waals surface area contributed by atoms with Crippen LogP contribution in [-0.4, -0.2) is 48.6 Å². The SMILES string of the molecule is CNC(=O)c1cnc(Nc2cc(C)c(F)cn2)cc1Nc1cccc(C(=O)NNC(=O)OCC(C)C)c1OC. The van der Waals surface area contributed by atoms with E-state index in [4.69, 9.17) is 9.47 Å². The molecule has 0 spiro atoms. The lowest BCUT2D eigenvalue weighted by atomic mass is 10.1. The smallest absolute Gasteiger partial charge is 0.426 e. The Bertz CT molecular complexity index is 1370. The summed E-state index contributed by atoms with van der Waals surface area (Å²) in [5, 5.41) is 8.64. The summed E-state index contributed by atoms with van der Waals surface area (Å²) >= 11 is 0. The summed E-state index contributed by atoms with van der Waals surface area (Å²) < 4.78 is 24.1. The largest absolute Gasteiger partial charge is 0.494 e. The Morgan fingerprint density at radius 2 is 1.67 bits per heavy atom. The molecule has 3 aromatic rings. The van der Waals surface area contributed by atoms with Crippen LogP contribution in [-0.2, 0) is 4.74 Å². The van der Waals surface area contributed by atoms with E-state index in [1.165, 1.54) is 32.5 Å². The molecule has 3 rings (SSSR count). The summed E-state index contributed by atoms with van der Waals surface area (Å²) in [6.45, 7) is 5.56. The fourth-order valence-electron chi connectivity index (χ4n) is 3.31. The van der Waals surface area contributed by atoms with Gasteiger partial charge in [-0.15, -0.1) is 0 Å². The van der Waals surface area contributed by atoms with E-state index in [2.05, 4.69) is 36.8 Å². The van der Waals surface area contributed by atoms with Crippen molar-refractivity contribution < 1.29 is 28.2 Å². The van der Waals surface area contributed by atoms with Crippen LogP contribution in [0, 0.1) is 18.7 Å². The van der Waals surface area contributed by atoms with Gasteiger partial charge in [-0.05, 0) is 36.6 Å². The zero-order chi connectivity index (χ0) is 28.5. The maximum Gasteiger partial charge on any atom is 0.426 e. The minimum Gasteiger partial charge on any atom is -0.494 e. The van der Waals surface area contributed by atoms with Crippen molar-refractivity contribution in [1.82, 2.24) is 26.1 Å². The number of pyridine rings is 2. The third-order valence-corrected chi connectivity index (χ3v) is 5.24. The van der Waals surface area contributed by atoms with Crippen molar-refractivity contribution in [3.63, 3.8) is 0 Å². The summed E-state index contributed by atoms with van der Waals surface area (Å²) in [5.41, 5.74) is 5.86. The minimum atomic E-state index is -0.803. The lowest BCUT2D eigenvalue weighted by molar-refractivity contribution is 0.0897. The van der Waals surface area contributed by atoms with Crippen molar-refractivity contribution in [1.29, 1.82) is 0 Å². The summed E-state index contributed by atoms with van der Waals surface area (Å²) in [5.74, 6) is -0.546. The Morgan fingerprint density at radius 3 is 2.33 bits per heavy atom. The fraction of sp³-hybridized carbons (Fsp3) is 0.269. The van der Waals surface area contributed by atoms with Gasteiger partial charge in [-0.2, -0.15) is 0 Å².